The SMILES string of the molecule is CC(C)COCCCNc1ccc(C(=O)O)cc1. The fourth-order valence-electron chi connectivity index (χ4n) is 1.46. The molecule has 4 nitrogen and oxygen atoms in total. The molecular weight excluding hydrogens is 230 g/mol. The Labute approximate surface area is 108 Å². The molecule has 0 heterocycles. The first kappa shape index (κ1) is 14.5. The predicted molar refractivity (Wildman–Crippen MR) is 72.2 cm³/mol. The van der Waals surface area contributed by atoms with E-state index in [9.17, 15) is 4.79 Å². The van der Waals surface area contributed by atoms with Crippen molar-refractivity contribution in [3.05, 3.63) is 29.8 Å². The zero-order valence-electron chi connectivity index (χ0n) is 11.0. The summed E-state index contributed by atoms with van der Waals surface area (Å²) in [6.45, 7) is 6.63. The lowest BCUT2D eigenvalue weighted by Gasteiger charge is -2.08. The van der Waals surface area contributed by atoms with Gasteiger partial charge >= 0.3 is 5.97 Å². The third-order valence-electron chi connectivity index (χ3n) is 2.38. The summed E-state index contributed by atoms with van der Waals surface area (Å²) in [5.41, 5.74) is 1.24. The number of hydrogen-bond acceptors (Lipinski definition) is 3. The average molecular weight is 251 g/mol. The molecule has 1 rings (SSSR count). The molecule has 0 spiro atoms. The summed E-state index contributed by atoms with van der Waals surface area (Å²) in [7, 11) is 0. The van der Waals surface area contributed by atoms with Gasteiger partial charge < -0.3 is 15.2 Å². The second kappa shape index (κ2) is 7.71. The molecule has 0 bridgehead atoms. The van der Waals surface area contributed by atoms with E-state index in [1.807, 2.05) is 0 Å². The van der Waals surface area contributed by atoms with E-state index < -0.39 is 5.97 Å². The molecule has 2 N–H and O–H groups in total. The molecule has 0 aromatic heterocycles. The van der Waals surface area contributed by atoms with Crippen molar-refractivity contribution in [3.63, 3.8) is 0 Å². The van der Waals surface area contributed by atoms with Crippen LogP contribution in [0.5, 0.6) is 0 Å². The number of nitrogens with one attached hydrogen (secondary N) is 1. The molecule has 0 saturated heterocycles. The lowest BCUT2D eigenvalue weighted by Crippen LogP contribution is -2.08. The van der Waals surface area contributed by atoms with Gasteiger partial charge in [0.15, 0.2) is 0 Å². The van der Waals surface area contributed by atoms with Crippen LogP contribution < -0.4 is 5.32 Å². The van der Waals surface area contributed by atoms with Gasteiger partial charge in [-0.1, -0.05) is 13.8 Å². The number of carboxylic acid groups (broad SMARTS) is 1. The van der Waals surface area contributed by atoms with Crippen LogP contribution in [0.25, 0.3) is 0 Å². The topological polar surface area (TPSA) is 58.6 Å². The second-order valence-electron chi connectivity index (χ2n) is 4.63. The van der Waals surface area contributed by atoms with E-state index in [4.69, 9.17) is 9.84 Å². The van der Waals surface area contributed by atoms with Gasteiger partial charge in [0.05, 0.1) is 5.56 Å². The first-order valence-electron chi connectivity index (χ1n) is 6.24. The molecule has 0 amide bonds. The summed E-state index contributed by atoms with van der Waals surface area (Å²) in [4.78, 5) is 10.7. The summed E-state index contributed by atoms with van der Waals surface area (Å²) < 4.78 is 5.47. The lowest BCUT2D eigenvalue weighted by atomic mass is 10.2. The monoisotopic (exact) mass is 251 g/mol. The first-order valence-corrected chi connectivity index (χ1v) is 6.24. The third kappa shape index (κ3) is 5.68. The smallest absolute Gasteiger partial charge is 0.335 e. The highest BCUT2D eigenvalue weighted by molar-refractivity contribution is 5.87. The molecule has 1 aromatic carbocycles. The maximum Gasteiger partial charge on any atom is 0.335 e. The first-order chi connectivity index (χ1) is 8.59. The molecule has 4 heteroatoms. The summed E-state index contributed by atoms with van der Waals surface area (Å²) in [6, 6.07) is 6.75. The zero-order chi connectivity index (χ0) is 13.4. The Bertz CT molecular complexity index is 360. The Morgan fingerprint density at radius 1 is 1.33 bits per heavy atom. The van der Waals surface area contributed by atoms with Gasteiger partial charge in [0.25, 0.3) is 0 Å². The van der Waals surface area contributed by atoms with Gasteiger partial charge in [-0.2, -0.15) is 0 Å². The van der Waals surface area contributed by atoms with Crippen molar-refractivity contribution in [2.75, 3.05) is 25.1 Å². The van der Waals surface area contributed by atoms with Crippen molar-refractivity contribution in [3.8, 4) is 0 Å². The number of carboxylic acids is 1. The van der Waals surface area contributed by atoms with E-state index in [0.29, 0.717) is 11.5 Å². The van der Waals surface area contributed by atoms with Gasteiger partial charge in [0, 0.05) is 25.4 Å². The summed E-state index contributed by atoms with van der Waals surface area (Å²) in [5.74, 6) is -0.329. The predicted octanol–water partition coefficient (Wildman–Crippen LogP) is 2.86. The summed E-state index contributed by atoms with van der Waals surface area (Å²) >= 11 is 0. The number of carbonyl (C=O) groups is 1. The van der Waals surface area contributed by atoms with Crippen LogP contribution in [0.3, 0.4) is 0 Å². The van der Waals surface area contributed by atoms with E-state index >= 15 is 0 Å². The molecule has 0 saturated carbocycles. The number of anilines is 1. The van der Waals surface area contributed by atoms with Crippen molar-refractivity contribution >= 4 is 11.7 Å². The average Bonchev–Trinajstić information content (AvgIpc) is 2.34. The van der Waals surface area contributed by atoms with Crippen LogP contribution >= 0.6 is 0 Å². The number of aromatic carboxylic acids is 1. The Hall–Kier alpha value is -1.55. The Balaban J connectivity index is 2.17. The standard InChI is InChI=1S/C14H21NO3/c1-11(2)10-18-9-3-8-15-13-6-4-12(5-7-13)14(16)17/h4-7,11,15H,3,8-10H2,1-2H3,(H,16,17). The van der Waals surface area contributed by atoms with Gasteiger partial charge in [-0.25, -0.2) is 4.79 Å². The van der Waals surface area contributed by atoms with E-state index in [1.54, 1.807) is 24.3 Å². The van der Waals surface area contributed by atoms with Crippen molar-refractivity contribution in [2.45, 2.75) is 20.3 Å². The van der Waals surface area contributed by atoms with Crippen molar-refractivity contribution < 1.29 is 14.6 Å². The van der Waals surface area contributed by atoms with Crippen LogP contribution in [-0.4, -0.2) is 30.8 Å². The van der Waals surface area contributed by atoms with Gasteiger partial charge in [0.1, 0.15) is 0 Å². The minimum Gasteiger partial charge on any atom is -0.478 e. The van der Waals surface area contributed by atoms with Crippen LogP contribution in [-0.2, 0) is 4.74 Å². The third-order valence-corrected chi connectivity index (χ3v) is 2.38. The van der Waals surface area contributed by atoms with Crippen LogP contribution in [0, 0.1) is 5.92 Å². The summed E-state index contributed by atoms with van der Waals surface area (Å²) in [6.07, 6.45) is 0.938. The fraction of sp³-hybridized carbons (Fsp3) is 0.500. The maximum atomic E-state index is 10.7. The number of benzene rings is 1. The number of rotatable bonds is 8. The molecule has 0 aliphatic heterocycles. The Morgan fingerprint density at radius 3 is 2.56 bits per heavy atom. The van der Waals surface area contributed by atoms with Gasteiger partial charge in [-0.15, -0.1) is 0 Å². The molecular formula is C14H21NO3. The molecule has 0 atom stereocenters. The fourth-order valence-corrected chi connectivity index (χ4v) is 1.46. The number of ether oxygens (including phenoxy) is 1. The van der Waals surface area contributed by atoms with Crippen molar-refractivity contribution in [1.82, 2.24) is 0 Å². The van der Waals surface area contributed by atoms with E-state index in [0.717, 1.165) is 31.9 Å². The zero-order valence-corrected chi connectivity index (χ0v) is 11.0. The van der Waals surface area contributed by atoms with Gasteiger partial charge in [-0.05, 0) is 36.6 Å². The number of hydrogen-bond donors (Lipinski definition) is 2. The van der Waals surface area contributed by atoms with Gasteiger partial charge in [-0.3, -0.25) is 0 Å². The van der Waals surface area contributed by atoms with Crippen molar-refractivity contribution in [1.29, 1.82) is 0 Å². The molecule has 0 aliphatic rings. The summed E-state index contributed by atoms with van der Waals surface area (Å²) in [5, 5.41) is 12.0. The Morgan fingerprint density at radius 2 is 2.00 bits per heavy atom. The minimum absolute atomic E-state index is 0.306. The highest BCUT2D eigenvalue weighted by atomic mass is 16.5. The molecule has 0 radical (unpaired) electrons. The molecule has 100 valence electrons. The molecule has 0 unspecified atom stereocenters. The largest absolute Gasteiger partial charge is 0.478 e. The normalized spacial score (nSPS) is 10.6. The Kier molecular flexibility index (Phi) is 6.22. The highest BCUT2D eigenvalue weighted by Gasteiger charge is 2.01. The van der Waals surface area contributed by atoms with E-state index in [2.05, 4.69) is 19.2 Å². The van der Waals surface area contributed by atoms with Crippen molar-refractivity contribution in [2.24, 2.45) is 5.92 Å². The van der Waals surface area contributed by atoms with Crippen LogP contribution in [0.1, 0.15) is 30.6 Å². The molecule has 18 heavy (non-hydrogen) atoms. The second-order valence-corrected chi connectivity index (χ2v) is 4.63. The maximum absolute atomic E-state index is 10.7. The van der Waals surface area contributed by atoms with Crippen LogP contribution in [0.4, 0.5) is 5.69 Å². The van der Waals surface area contributed by atoms with E-state index in [-0.39, 0.29) is 0 Å². The highest BCUT2D eigenvalue weighted by Crippen LogP contribution is 2.09. The molecule has 0 fully saturated rings. The van der Waals surface area contributed by atoms with Crippen LogP contribution in [0.2, 0.25) is 0 Å². The lowest BCUT2D eigenvalue weighted by molar-refractivity contribution is 0.0697. The minimum atomic E-state index is -0.899. The van der Waals surface area contributed by atoms with Crippen LogP contribution in [0.15, 0.2) is 24.3 Å². The quantitative estimate of drug-likeness (QED) is 0.697. The van der Waals surface area contributed by atoms with Gasteiger partial charge in [0.2, 0.25) is 0 Å². The molecule has 1 aromatic rings. The molecule has 0 aliphatic carbocycles. The van der Waals surface area contributed by atoms with E-state index in [1.165, 1.54) is 0 Å².